The summed E-state index contributed by atoms with van der Waals surface area (Å²) in [5, 5.41) is 3.33. The highest BCUT2D eigenvalue weighted by molar-refractivity contribution is 7.89. The van der Waals surface area contributed by atoms with Crippen molar-refractivity contribution in [3.05, 3.63) is 46.7 Å². The first-order valence-electron chi connectivity index (χ1n) is 8.92. The molecule has 1 amide bonds. The number of anilines is 1. The third-order valence-corrected chi connectivity index (χ3v) is 6.98. The number of rotatable bonds is 4. The average Bonchev–Trinajstić information content (AvgIpc) is 3.01. The number of nitrogens with zero attached hydrogens (tertiary/aromatic N) is 2. The fraction of sp³-hybridized carbons (Fsp3) is 0.421. The van der Waals surface area contributed by atoms with Crippen molar-refractivity contribution in [3.8, 4) is 0 Å². The van der Waals surface area contributed by atoms with E-state index >= 15 is 0 Å². The number of sulfonamides is 1. The van der Waals surface area contributed by atoms with Gasteiger partial charge >= 0.3 is 0 Å². The molecule has 0 bridgehead atoms. The van der Waals surface area contributed by atoms with E-state index in [1.54, 1.807) is 19.2 Å². The Kier molecular flexibility index (Phi) is 5.65. The van der Waals surface area contributed by atoms with Crippen LogP contribution in [0.15, 0.2) is 35.4 Å². The Labute approximate surface area is 165 Å². The summed E-state index contributed by atoms with van der Waals surface area (Å²) in [5.41, 5.74) is 1.75. The van der Waals surface area contributed by atoms with Crippen molar-refractivity contribution < 1.29 is 13.2 Å². The molecule has 2 aromatic rings. The molecule has 1 fully saturated rings. The topological polar surface area (TPSA) is 71.4 Å². The Bertz CT molecular complexity index is 969. The Morgan fingerprint density at radius 3 is 2.74 bits per heavy atom. The van der Waals surface area contributed by atoms with Gasteiger partial charge in [-0.05, 0) is 49.4 Å². The van der Waals surface area contributed by atoms with E-state index in [9.17, 15) is 13.2 Å². The minimum Gasteiger partial charge on any atom is -0.345 e. The smallest absolute Gasteiger partial charge is 0.272 e. The molecule has 0 unspecified atom stereocenters. The van der Waals surface area contributed by atoms with Gasteiger partial charge in [-0.2, -0.15) is 4.31 Å². The Morgan fingerprint density at radius 2 is 2.04 bits per heavy atom. The van der Waals surface area contributed by atoms with Crippen LogP contribution in [0, 0.1) is 12.8 Å². The molecule has 0 spiro atoms. The molecule has 0 radical (unpaired) electrons. The SMILES string of the molecule is Cc1ccc(Cl)cc1NC(=O)c1cc(S(=O)(=O)N2CCC[C@H](C)C2)cn1C. The molecule has 8 heteroatoms. The number of halogens is 1. The van der Waals surface area contributed by atoms with Crippen LogP contribution in [-0.4, -0.2) is 36.3 Å². The minimum absolute atomic E-state index is 0.145. The number of aryl methyl sites for hydroxylation is 2. The summed E-state index contributed by atoms with van der Waals surface area (Å²) in [6.07, 6.45) is 3.39. The molecule has 1 aromatic carbocycles. The van der Waals surface area contributed by atoms with Gasteiger partial charge in [-0.25, -0.2) is 8.42 Å². The molecule has 146 valence electrons. The third kappa shape index (κ3) is 4.20. The van der Waals surface area contributed by atoms with Gasteiger partial charge < -0.3 is 9.88 Å². The van der Waals surface area contributed by atoms with Gasteiger partial charge in [-0.3, -0.25) is 4.79 Å². The second kappa shape index (κ2) is 7.66. The lowest BCUT2D eigenvalue weighted by Crippen LogP contribution is -2.38. The van der Waals surface area contributed by atoms with Crippen molar-refractivity contribution in [1.29, 1.82) is 0 Å². The zero-order chi connectivity index (χ0) is 19.8. The maximum Gasteiger partial charge on any atom is 0.272 e. The van der Waals surface area contributed by atoms with E-state index in [-0.39, 0.29) is 16.5 Å². The third-order valence-electron chi connectivity index (χ3n) is 4.92. The van der Waals surface area contributed by atoms with E-state index in [2.05, 4.69) is 12.2 Å². The van der Waals surface area contributed by atoms with Crippen LogP contribution in [0.4, 0.5) is 5.69 Å². The number of benzene rings is 1. The van der Waals surface area contributed by atoms with Crippen molar-refractivity contribution in [2.75, 3.05) is 18.4 Å². The first kappa shape index (κ1) is 19.9. The predicted molar refractivity (Wildman–Crippen MR) is 107 cm³/mol. The fourth-order valence-electron chi connectivity index (χ4n) is 3.33. The van der Waals surface area contributed by atoms with Crippen molar-refractivity contribution in [2.45, 2.75) is 31.6 Å². The highest BCUT2D eigenvalue weighted by atomic mass is 35.5. The fourth-order valence-corrected chi connectivity index (χ4v) is 5.17. The molecule has 1 aromatic heterocycles. The molecule has 27 heavy (non-hydrogen) atoms. The van der Waals surface area contributed by atoms with E-state index < -0.39 is 10.0 Å². The van der Waals surface area contributed by atoms with Crippen LogP contribution >= 0.6 is 11.6 Å². The largest absolute Gasteiger partial charge is 0.345 e. The number of piperidine rings is 1. The molecule has 2 heterocycles. The highest BCUT2D eigenvalue weighted by Crippen LogP contribution is 2.26. The van der Waals surface area contributed by atoms with Crippen LogP contribution in [0.3, 0.4) is 0 Å². The number of hydrogen-bond donors (Lipinski definition) is 1. The first-order chi connectivity index (χ1) is 12.7. The van der Waals surface area contributed by atoms with E-state index in [0.717, 1.165) is 18.4 Å². The summed E-state index contributed by atoms with van der Waals surface area (Å²) >= 11 is 6.00. The van der Waals surface area contributed by atoms with Crippen molar-refractivity contribution in [3.63, 3.8) is 0 Å². The Balaban J connectivity index is 1.85. The second-order valence-corrected chi connectivity index (χ2v) is 9.57. The normalized spacial score (nSPS) is 18.4. The maximum atomic E-state index is 12.9. The van der Waals surface area contributed by atoms with Gasteiger partial charge in [0.05, 0.1) is 0 Å². The molecule has 1 saturated heterocycles. The summed E-state index contributed by atoms with van der Waals surface area (Å²) in [5.74, 6) is -0.0397. The molecule has 1 atom stereocenters. The summed E-state index contributed by atoms with van der Waals surface area (Å²) in [4.78, 5) is 12.8. The molecular weight excluding hydrogens is 386 g/mol. The van der Waals surface area contributed by atoms with E-state index in [1.807, 2.05) is 13.0 Å². The van der Waals surface area contributed by atoms with E-state index in [0.29, 0.717) is 29.7 Å². The highest BCUT2D eigenvalue weighted by Gasteiger charge is 2.30. The van der Waals surface area contributed by atoms with Crippen molar-refractivity contribution >= 4 is 33.2 Å². The monoisotopic (exact) mass is 409 g/mol. The quantitative estimate of drug-likeness (QED) is 0.837. The lowest BCUT2D eigenvalue weighted by atomic mass is 10.0. The Morgan fingerprint density at radius 1 is 1.30 bits per heavy atom. The van der Waals surface area contributed by atoms with E-state index in [1.165, 1.54) is 21.1 Å². The van der Waals surface area contributed by atoms with Gasteiger partial charge in [0, 0.05) is 37.0 Å². The number of aromatic nitrogens is 1. The summed E-state index contributed by atoms with van der Waals surface area (Å²) in [7, 11) is -1.94. The zero-order valence-corrected chi connectivity index (χ0v) is 17.3. The van der Waals surface area contributed by atoms with Crippen LogP contribution in [0.25, 0.3) is 0 Å². The van der Waals surface area contributed by atoms with Crippen LogP contribution in [0.2, 0.25) is 5.02 Å². The Hall–Kier alpha value is -1.83. The lowest BCUT2D eigenvalue weighted by Gasteiger charge is -2.29. The number of amides is 1. The number of hydrogen-bond acceptors (Lipinski definition) is 3. The summed E-state index contributed by atoms with van der Waals surface area (Å²) in [6.45, 7) is 4.95. The minimum atomic E-state index is -3.61. The van der Waals surface area contributed by atoms with Crippen LogP contribution < -0.4 is 5.32 Å². The number of carbonyl (C=O) groups excluding carboxylic acids is 1. The molecule has 3 rings (SSSR count). The molecule has 0 saturated carbocycles. The summed E-state index contributed by atoms with van der Waals surface area (Å²) in [6, 6.07) is 6.67. The molecule has 1 N–H and O–H groups in total. The number of carbonyl (C=O) groups is 1. The van der Waals surface area contributed by atoms with Crippen LogP contribution in [0.1, 0.15) is 35.8 Å². The zero-order valence-electron chi connectivity index (χ0n) is 15.7. The van der Waals surface area contributed by atoms with Gasteiger partial charge in [0.2, 0.25) is 10.0 Å². The molecular formula is C19H24ClN3O3S. The van der Waals surface area contributed by atoms with Gasteiger partial charge in [-0.15, -0.1) is 0 Å². The maximum absolute atomic E-state index is 12.9. The lowest BCUT2D eigenvalue weighted by molar-refractivity contribution is 0.101. The van der Waals surface area contributed by atoms with Crippen molar-refractivity contribution in [2.24, 2.45) is 13.0 Å². The number of nitrogens with one attached hydrogen (secondary N) is 1. The predicted octanol–water partition coefficient (Wildman–Crippen LogP) is 3.66. The van der Waals surface area contributed by atoms with Gasteiger partial charge in [0.15, 0.2) is 0 Å². The average molecular weight is 410 g/mol. The molecule has 0 aliphatic carbocycles. The second-order valence-electron chi connectivity index (χ2n) is 7.20. The molecule has 6 nitrogen and oxygen atoms in total. The standard InChI is InChI=1S/C19H24ClN3O3S/c1-13-5-4-8-23(11-13)27(25,26)16-10-18(22(3)12-16)19(24)21-17-9-15(20)7-6-14(17)2/h6-7,9-10,12-13H,4-5,8,11H2,1-3H3,(H,21,24)/t13-/m0/s1. The van der Waals surface area contributed by atoms with Crippen molar-refractivity contribution in [1.82, 2.24) is 8.87 Å². The first-order valence-corrected chi connectivity index (χ1v) is 10.7. The van der Waals surface area contributed by atoms with Gasteiger partial charge in [-0.1, -0.05) is 24.6 Å². The van der Waals surface area contributed by atoms with Gasteiger partial charge in [0.1, 0.15) is 10.6 Å². The van der Waals surface area contributed by atoms with E-state index in [4.69, 9.17) is 11.6 Å². The van der Waals surface area contributed by atoms with Gasteiger partial charge in [0.25, 0.3) is 5.91 Å². The molecule has 1 aliphatic heterocycles. The van der Waals surface area contributed by atoms with Crippen LogP contribution in [-0.2, 0) is 17.1 Å². The summed E-state index contributed by atoms with van der Waals surface area (Å²) < 4.78 is 28.9. The molecule has 1 aliphatic rings. The van der Waals surface area contributed by atoms with Crippen LogP contribution in [0.5, 0.6) is 0 Å².